The topological polar surface area (TPSA) is 51.4 Å². The average molecular weight is 281 g/mol. The van der Waals surface area contributed by atoms with Crippen LogP contribution in [0.1, 0.15) is 16.6 Å². The van der Waals surface area contributed by atoms with Crippen LogP contribution in [0.15, 0.2) is 22.9 Å². The summed E-state index contributed by atoms with van der Waals surface area (Å²) < 4.78 is 5.35. The standard InChI is InChI=1S/C12H15N3OS2/c13-11(10-2-1-7-17-10)9-8-18-12(14-9)15-3-5-16-6-4-15/h1-2,7-8,11H,3-6,13H2. The summed E-state index contributed by atoms with van der Waals surface area (Å²) in [7, 11) is 0. The molecule has 3 heterocycles. The van der Waals surface area contributed by atoms with E-state index in [2.05, 4.69) is 21.3 Å². The van der Waals surface area contributed by atoms with Crippen LogP contribution in [-0.4, -0.2) is 31.3 Å². The van der Waals surface area contributed by atoms with E-state index in [0.29, 0.717) is 0 Å². The largest absolute Gasteiger partial charge is 0.378 e. The Balaban J connectivity index is 1.76. The highest BCUT2D eigenvalue weighted by atomic mass is 32.1. The number of aromatic nitrogens is 1. The minimum Gasteiger partial charge on any atom is -0.378 e. The second-order valence-electron chi connectivity index (χ2n) is 4.15. The van der Waals surface area contributed by atoms with Gasteiger partial charge in [-0.25, -0.2) is 4.98 Å². The summed E-state index contributed by atoms with van der Waals surface area (Å²) in [5.74, 6) is 0. The first-order valence-electron chi connectivity index (χ1n) is 5.91. The Morgan fingerprint density at radius 1 is 1.33 bits per heavy atom. The Kier molecular flexibility index (Phi) is 3.60. The van der Waals surface area contributed by atoms with Gasteiger partial charge in [0, 0.05) is 23.3 Å². The molecule has 2 aromatic rings. The summed E-state index contributed by atoms with van der Waals surface area (Å²) in [6.07, 6.45) is 0. The summed E-state index contributed by atoms with van der Waals surface area (Å²) in [5.41, 5.74) is 7.18. The maximum absolute atomic E-state index is 6.21. The van der Waals surface area contributed by atoms with Gasteiger partial charge in [-0.15, -0.1) is 22.7 Å². The number of nitrogens with zero attached hydrogens (tertiary/aromatic N) is 2. The molecule has 0 spiro atoms. The Bertz CT molecular complexity index is 491. The number of thiophene rings is 1. The van der Waals surface area contributed by atoms with E-state index in [1.165, 1.54) is 0 Å². The molecular formula is C12H15N3OS2. The predicted octanol–water partition coefficient (Wildman–Crippen LogP) is 2.09. The van der Waals surface area contributed by atoms with Gasteiger partial charge in [0.1, 0.15) is 0 Å². The maximum atomic E-state index is 6.21. The van der Waals surface area contributed by atoms with E-state index >= 15 is 0 Å². The first-order valence-corrected chi connectivity index (χ1v) is 7.67. The molecule has 0 radical (unpaired) electrons. The van der Waals surface area contributed by atoms with Crippen LogP contribution in [-0.2, 0) is 4.74 Å². The van der Waals surface area contributed by atoms with Gasteiger partial charge in [-0.3, -0.25) is 0 Å². The van der Waals surface area contributed by atoms with Crippen molar-refractivity contribution in [3.05, 3.63) is 33.5 Å². The quantitative estimate of drug-likeness (QED) is 0.936. The summed E-state index contributed by atoms with van der Waals surface area (Å²) in [5, 5.41) is 5.17. The summed E-state index contributed by atoms with van der Waals surface area (Å²) >= 11 is 3.34. The number of morpholine rings is 1. The first-order chi connectivity index (χ1) is 8.84. The van der Waals surface area contributed by atoms with Crippen LogP contribution < -0.4 is 10.6 Å². The van der Waals surface area contributed by atoms with E-state index in [4.69, 9.17) is 10.5 Å². The van der Waals surface area contributed by atoms with E-state index in [0.717, 1.165) is 42.0 Å². The van der Waals surface area contributed by atoms with Gasteiger partial charge in [0.05, 0.1) is 24.9 Å². The highest BCUT2D eigenvalue weighted by molar-refractivity contribution is 7.13. The fourth-order valence-electron chi connectivity index (χ4n) is 1.93. The molecule has 1 atom stereocenters. The lowest BCUT2D eigenvalue weighted by atomic mass is 10.2. The second-order valence-corrected chi connectivity index (χ2v) is 5.96. The zero-order valence-corrected chi connectivity index (χ0v) is 11.5. The third kappa shape index (κ3) is 2.42. The van der Waals surface area contributed by atoms with Gasteiger partial charge in [0.2, 0.25) is 0 Å². The molecule has 2 aromatic heterocycles. The maximum Gasteiger partial charge on any atom is 0.185 e. The third-order valence-electron chi connectivity index (χ3n) is 2.96. The van der Waals surface area contributed by atoms with Gasteiger partial charge in [-0.05, 0) is 11.4 Å². The molecule has 0 aromatic carbocycles. The molecule has 1 fully saturated rings. The number of nitrogens with two attached hydrogens (primary N) is 1. The molecule has 0 bridgehead atoms. The van der Waals surface area contributed by atoms with Crippen LogP contribution >= 0.6 is 22.7 Å². The molecule has 3 rings (SSSR count). The van der Waals surface area contributed by atoms with Gasteiger partial charge in [0.25, 0.3) is 0 Å². The van der Waals surface area contributed by atoms with Gasteiger partial charge in [-0.2, -0.15) is 0 Å². The Labute approximate surface area is 114 Å². The lowest BCUT2D eigenvalue weighted by Crippen LogP contribution is -2.36. The molecule has 1 aliphatic rings. The molecule has 2 N–H and O–H groups in total. The van der Waals surface area contributed by atoms with Crippen molar-refractivity contribution in [2.45, 2.75) is 6.04 Å². The molecule has 18 heavy (non-hydrogen) atoms. The van der Waals surface area contributed by atoms with Crippen molar-refractivity contribution < 1.29 is 4.74 Å². The van der Waals surface area contributed by atoms with Gasteiger partial charge in [0.15, 0.2) is 5.13 Å². The van der Waals surface area contributed by atoms with E-state index in [-0.39, 0.29) is 6.04 Å². The second kappa shape index (κ2) is 5.36. The first kappa shape index (κ1) is 12.1. The van der Waals surface area contributed by atoms with Crippen molar-refractivity contribution in [2.24, 2.45) is 5.73 Å². The monoisotopic (exact) mass is 281 g/mol. The van der Waals surface area contributed by atoms with Crippen LogP contribution in [0.3, 0.4) is 0 Å². The lowest BCUT2D eigenvalue weighted by Gasteiger charge is -2.26. The number of thiazole rings is 1. The molecule has 1 unspecified atom stereocenters. The molecule has 0 saturated carbocycles. The molecule has 1 aliphatic heterocycles. The van der Waals surface area contributed by atoms with Crippen LogP contribution in [0.4, 0.5) is 5.13 Å². The average Bonchev–Trinajstić information content (AvgIpc) is 3.10. The minimum absolute atomic E-state index is 0.101. The zero-order valence-electron chi connectivity index (χ0n) is 9.91. The van der Waals surface area contributed by atoms with E-state index in [1.54, 1.807) is 22.7 Å². The van der Waals surface area contributed by atoms with Gasteiger partial charge < -0.3 is 15.4 Å². The predicted molar refractivity (Wildman–Crippen MR) is 75.5 cm³/mol. The molecule has 0 amide bonds. The van der Waals surface area contributed by atoms with E-state index in [9.17, 15) is 0 Å². The number of rotatable bonds is 3. The third-order valence-corrected chi connectivity index (χ3v) is 4.83. The normalized spacial score (nSPS) is 17.9. The molecule has 1 saturated heterocycles. The summed E-state index contributed by atoms with van der Waals surface area (Å²) in [6, 6.07) is 3.98. The van der Waals surface area contributed by atoms with Crippen LogP contribution in [0, 0.1) is 0 Å². The van der Waals surface area contributed by atoms with Crippen molar-refractivity contribution in [1.29, 1.82) is 0 Å². The smallest absolute Gasteiger partial charge is 0.185 e. The number of ether oxygens (including phenoxy) is 1. The fourth-order valence-corrected chi connectivity index (χ4v) is 3.59. The SMILES string of the molecule is NC(c1csc(N2CCOCC2)n1)c1cccs1. The van der Waals surface area contributed by atoms with Crippen molar-refractivity contribution in [3.8, 4) is 0 Å². The van der Waals surface area contributed by atoms with E-state index in [1.807, 2.05) is 11.4 Å². The highest BCUT2D eigenvalue weighted by Gasteiger charge is 2.18. The van der Waals surface area contributed by atoms with Crippen LogP contribution in [0.25, 0.3) is 0 Å². The van der Waals surface area contributed by atoms with Crippen LogP contribution in [0.5, 0.6) is 0 Å². The fraction of sp³-hybridized carbons (Fsp3) is 0.417. The van der Waals surface area contributed by atoms with Crippen molar-refractivity contribution in [3.63, 3.8) is 0 Å². The Morgan fingerprint density at radius 3 is 2.89 bits per heavy atom. The molecule has 4 nitrogen and oxygen atoms in total. The Hall–Kier alpha value is -0.950. The number of hydrogen-bond donors (Lipinski definition) is 1. The Morgan fingerprint density at radius 2 is 2.17 bits per heavy atom. The number of anilines is 1. The summed E-state index contributed by atoms with van der Waals surface area (Å²) in [6.45, 7) is 3.40. The molecule has 0 aliphatic carbocycles. The van der Waals surface area contributed by atoms with Crippen molar-refractivity contribution in [1.82, 2.24) is 4.98 Å². The van der Waals surface area contributed by atoms with Gasteiger partial charge >= 0.3 is 0 Å². The molecular weight excluding hydrogens is 266 g/mol. The summed E-state index contributed by atoms with van der Waals surface area (Å²) in [4.78, 5) is 8.08. The molecule has 96 valence electrons. The van der Waals surface area contributed by atoms with Gasteiger partial charge in [-0.1, -0.05) is 6.07 Å². The van der Waals surface area contributed by atoms with E-state index < -0.39 is 0 Å². The highest BCUT2D eigenvalue weighted by Crippen LogP contribution is 2.28. The van der Waals surface area contributed by atoms with Crippen LogP contribution in [0.2, 0.25) is 0 Å². The minimum atomic E-state index is -0.101. The zero-order chi connectivity index (χ0) is 12.4. The molecule has 6 heteroatoms. The lowest BCUT2D eigenvalue weighted by molar-refractivity contribution is 0.122. The number of hydrogen-bond acceptors (Lipinski definition) is 6. The van der Waals surface area contributed by atoms with Crippen molar-refractivity contribution in [2.75, 3.05) is 31.2 Å². The van der Waals surface area contributed by atoms with Crippen molar-refractivity contribution >= 4 is 27.8 Å².